The van der Waals surface area contributed by atoms with E-state index < -0.39 is 0 Å². The van der Waals surface area contributed by atoms with Crippen LogP contribution in [0, 0.1) is 0 Å². The molecule has 0 saturated heterocycles. The molecule has 84 valence electrons. The molecule has 0 unspecified atom stereocenters. The highest BCUT2D eigenvalue weighted by Crippen LogP contribution is 2.18. The van der Waals surface area contributed by atoms with Crippen LogP contribution in [0.2, 0.25) is 5.15 Å². The molecule has 1 rings (SSSR count). The number of hydrogen-bond acceptors (Lipinski definition) is 4. The summed E-state index contributed by atoms with van der Waals surface area (Å²) >= 11 is 7.09. The van der Waals surface area contributed by atoms with Gasteiger partial charge in [0.25, 0.3) is 0 Å². The van der Waals surface area contributed by atoms with Crippen LogP contribution in [0.3, 0.4) is 0 Å². The molecule has 1 aromatic heterocycles. The van der Waals surface area contributed by atoms with Crippen LogP contribution >= 0.6 is 22.9 Å². The first kappa shape index (κ1) is 12.1. The van der Waals surface area contributed by atoms with Crippen LogP contribution in [-0.2, 0) is 0 Å². The topological polar surface area (TPSA) is 57.3 Å². The normalized spacial score (nSPS) is 9.80. The number of nitrogens with one attached hydrogen (secondary N) is 2. The molecule has 15 heavy (non-hydrogen) atoms. The Morgan fingerprint density at radius 3 is 2.87 bits per heavy atom. The van der Waals surface area contributed by atoms with Crippen molar-refractivity contribution in [3.8, 4) is 0 Å². The molecule has 1 heterocycles. The van der Waals surface area contributed by atoms with Crippen LogP contribution in [-0.4, -0.2) is 43.1 Å². The summed E-state index contributed by atoms with van der Waals surface area (Å²) in [5.41, 5.74) is 0. The van der Waals surface area contributed by atoms with Gasteiger partial charge >= 0.3 is 6.03 Å². The molecule has 0 fully saturated rings. The number of nitrogens with zero attached hydrogens (tertiary/aromatic N) is 2. The van der Waals surface area contributed by atoms with Gasteiger partial charge in [-0.1, -0.05) is 11.6 Å². The van der Waals surface area contributed by atoms with Crippen LogP contribution in [0.4, 0.5) is 9.93 Å². The Bertz CT molecular complexity index is 328. The van der Waals surface area contributed by atoms with Crippen LogP contribution in [0.5, 0.6) is 0 Å². The molecule has 0 spiro atoms. The largest absolute Gasteiger partial charge is 0.360 e. The van der Waals surface area contributed by atoms with E-state index >= 15 is 0 Å². The van der Waals surface area contributed by atoms with E-state index in [1.165, 1.54) is 16.2 Å². The van der Waals surface area contributed by atoms with Gasteiger partial charge in [0, 0.05) is 32.6 Å². The van der Waals surface area contributed by atoms with E-state index in [1.54, 1.807) is 19.5 Å². The molecule has 0 atom stereocenters. The minimum absolute atomic E-state index is 0.103. The zero-order chi connectivity index (χ0) is 11.3. The Labute approximate surface area is 97.4 Å². The van der Waals surface area contributed by atoms with Gasteiger partial charge in [0.1, 0.15) is 5.15 Å². The third kappa shape index (κ3) is 4.35. The monoisotopic (exact) mass is 248 g/mol. The summed E-state index contributed by atoms with van der Waals surface area (Å²) in [6.07, 6.45) is 0. The lowest BCUT2D eigenvalue weighted by Gasteiger charge is -2.11. The zero-order valence-corrected chi connectivity index (χ0v) is 10.2. The van der Waals surface area contributed by atoms with Crippen LogP contribution in [0.1, 0.15) is 0 Å². The predicted octanol–water partition coefficient (Wildman–Crippen LogP) is 1.48. The van der Waals surface area contributed by atoms with Gasteiger partial charge in [-0.2, -0.15) is 0 Å². The van der Waals surface area contributed by atoms with E-state index in [4.69, 9.17) is 11.6 Å². The Hall–Kier alpha value is -1.01. The van der Waals surface area contributed by atoms with Crippen molar-refractivity contribution in [3.05, 3.63) is 10.5 Å². The Balaban J connectivity index is 2.15. The summed E-state index contributed by atoms with van der Waals surface area (Å²) in [4.78, 5) is 16.6. The second kappa shape index (κ2) is 5.77. The van der Waals surface area contributed by atoms with Crippen molar-refractivity contribution in [2.75, 3.05) is 32.5 Å². The molecule has 2 amide bonds. The number of hydrogen-bond donors (Lipinski definition) is 2. The van der Waals surface area contributed by atoms with E-state index in [0.29, 0.717) is 18.2 Å². The smallest absolute Gasteiger partial charge is 0.316 e. The first-order valence-electron chi connectivity index (χ1n) is 4.39. The maximum Gasteiger partial charge on any atom is 0.316 e. The molecule has 7 heteroatoms. The van der Waals surface area contributed by atoms with E-state index in [-0.39, 0.29) is 6.03 Å². The van der Waals surface area contributed by atoms with Gasteiger partial charge in [-0.15, -0.1) is 11.3 Å². The standard InChI is InChI=1S/C8H13ClN4OS/c1-13(2)8(14)11-4-3-10-7-12-6(9)5-15-7/h5H,3-4H2,1-2H3,(H,10,12)(H,11,14). The third-order valence-corrected chi connectivity index (χ3v) is 2.68. The number of halogens is 1. The van der Waals surface area contributed by atoms with Gasteiger partial charge in [0.05, 0.1) is 0 Å². The maximum atomic E-state index is 11.1. The van der Waals surface area contributed by atoms with Crippen molar-refractivity contribution in [2.24, 2.45) is 0 Å². The predicted molar refractivity (Wildman–Crippen MR) is 62.7 cm³/mol. The zero-order valence-electron chi connectivity index (χ0n) is 8.58. The average molecular weight is 249 g/mol. The minimum atomic E-state index is -0.103. The number of thiazole rings is 1. The SMILES string of the molecule is CN(C)C(=O)NCCNc1nc(Cl)cs1. The van der Waals surface area contributed by atoms with Crippen molar-refractivity contribution in [3.63, 3.8) is 0 Å². The fourth-order valence-corrected chi connectivity index (χ4v) is 1.70. The highest BCUT2D eigenvalue weighted by atomic mass is 35.5. The van der Waals surface area contributed by atoms with Crippen molar-refractivity contribution < 1.29 is 4.79 Å². The second-order valence-corrected chi connectivity index (χ2v) is 4.27. The maximum absolute atomic E-state index is 11.1. The Kier molecular flexibility index (Phi) is 4.64. The summed E-state index contributed by atoms with van der Waals surface area (Å²) in [5, 5.41) is 8.78. The number of aromatic nitrogens is 1. The lowest BCUT2D eigenvalue weighted by molar-refractivity contribution is 0.218. The molecular weight excluding hydrogens is 236 g/mol. The number of urea groups is 1. The van der Waals surface area contributed by atoms with Gasteiger partial charge in [-0.05, 0) is 0 Å². The minimum Gasteiger partial charge on any atom is -0.360 e. The van der Waals surface area contributed by atoms with Crippen LogP contribution in [0.25, 0.3) is 0 Å². The quantitative estimate of drug-likeness (QED) is 0.794. The van der Waals surface area contributed by atoms with Crippen molar-refractivity contribution in [2.45, 2.75) is 0 Å². The number of carbonyl (C=O) groups excluding carboxylic acids is 1. The number of rotatable bonds is 4. The highest BCUT2D eigenvalue weighted by molar-refractivity contribution is 7.14. The second-order valence-electron chi connectivity index (χ2n) is 3.03. The lowest BCUT2D eigenvalue weighted by atomic mass is 10.6. The Morgan fingerprint density at radius 2 is 2.33 bits per heavy atom. The Morgan fingerprint density at radius 1 is 1.60 bits per heavy atom. The molecular formula is C8H13ClN4OS. The average Bonchev–Trinajstić information content (AvgIpc) is 2.58. The molecule has 0 aliphatic rings. The van der Waals surface area contributed by atoms with Gasteiger partial charge in [-0.3, -0.25) is 0 Å². The van der Waals surface area contributed by atoms with E-state index in [9.17, 15) is 4.79 Å². The first-order valence-corrected chi connectivity index (χ1v) is 5.65. The molecule has 0 aliphatic carbocycles. The number of anilines is 1. The highest BCUT2D eigenvalue weighted by Gasteiger charge is 2.01. The van der Waals surface area contributed by atoms with E-state index in [0.717, 1.165) is 5.13 Å². The first-order chi connectivity index (χ1) is 7.09. The van der Waals surface area contributed by atoms with Crippen LogP contribution < -0.4 is 10.6 Å². The van der Waals surface area contributed by atoms with Gasteiger partial charge in [-0.25, -0.2) is 9.78 Å². The molecule has 0 aliphatic heterocycles. The van der Waals surface area contributed by atoms with Crippen molar-refractivity contribution in [1.82, 2.24) is 15.2 Å². The summed E-state index contributed by atoms with van der Waals surface area (Å²) in [6, 6.07) is -0.103. The molecule has 0 radical (unpaired) electrons. The van der Waals surface area contributed by atoms with Gasteiger partial charge in [0.2, 0.25) is 0 Å². The molecule has 5 nitrogen and oxygen atoms in total. The summed E-state index contributed by atoms with van der Waals surface area (Å²) in [7, 11) is 3.40. The fourth-order valence-electron chi connectivity index (χ4n) is 0.832. The fraction of sp³-hybridized carbons (Fsp3) is 0.500. The summed E-state index contributed by atoms with van der Waals surface area (Å²) < 4.78 is 0. The number of amides is 2. The van der Waals surface area contributed by atoms with Crippen molar-refractivity contribution >= 4 is 34.1 Å². The van der Waals surface area contributed by atoms with Gasteiger partial charge < -0.3 is 15.5 Å². The molecule has 0 bridgehead atoms. The molecule has 0 saturated carbocycles. The third-order valence-electron chi connectivity index (χ3n) is 1.56. The summed E-state index contributed by atoms with van der Waals surface area (Å²) in [5.74, 6) is 0. The van der Waals surface area contributed by atoms with E-state index in [1.807, 2.05) is 0 Å². The number of carbonyl (C=O) groups is 1. The van der Waals surface area contributed by atoms with E-state index in [2.05, 4.69) is 15.6 Å². The molecule has 0 aromatic carbocycles. The summed E-state index contributed by atoms with van der Waals surface area (Å²) in [6.45, 7) is 1.18. The molecule has 2 N–H and O–H groups in total. The molecule has 1 aromatic rings. The van der Waals surface area contributed by atoms with Crippen molar-refractivity contribution in [1.29, 1.82) is 0 Å². The van der Waals surface area contributed by atoms with Gasteiger partial charge in [0.15, 0.2) is 5.13 Å². The lowest BCUT2D eigenvalue weighted by Crippen LogP contribution is -2.37. The van der Waals surface area contributed by atoms with Crippen LogP contribution in [0.15, 0.2) is 5.38 Å².